The summed E-state index contributed by atoms with van der Waals surface area (Å²) in [5.41, 5.74) is 1.12. The van der Waals surface area contributed by atoms with Crippen LogP contribution in [0.4, 0.5) is 32.0 Å². The van der Waals surface area contributed by atoms with Gasteiger partial charge >= 0.3 is 12.1 Å². The van der Waals surface area contributed by atoms with Crippen molar-refractivity contribution in [3.63, 3.8) is 0 Å². The number of nitrogens with one attached hydrogen (secondary N) is 2. The zero-order valence-electron chi connectivity index (χ0n) is 23.5. The number of ether oxygens (including phenoxy) is 2. The Labute approximate surface area is 250 Å². The molecule has 13 heteroatoms. The van der Waals surface area contributed by atoms with Crippen LogP contribution >= 0.6 is 0 Å². The third-order valence-electron chi connectivity index (χ3n) is 7.16. The third kappa shape index (κ3) is 9.78. The van der Waals surface area contributed by atoms with Gasteiger partial charge in [-0.25, -0.2) is 13.2 Å². The molecule has 7 nitrogen and oxygen atoms in total. The number of alkyl halides is 3. The molecule has 0 aliphatic carbocycles. The maximum absolute atomic E-state index is 14.8. The number of rotatable bonds is 12. The molecule has 3 atom stereocenters. The predicted molar refractivity (Wildman–Crippen MR) is 148 cm³/mol. The van der Waals surface area contributed by atoms with E-state index < -0.39 is 60.3 Å². The number of pyridine rings is 1. The Hall–Kier alpha value is -3.97. The van der Waals surface area contributed by atoms with E-state index in [1.165, 1.54) is 42.6 Å². The summed E-state index contributed by atoms with van der Waals surface area (Å²) in [6, 6.07) is 11.0. The number of benzene rings is 2. The van der Waals surface area contributed by atoms with Crippen LogP contribution in [0.25, 0.3) is 0 Å². The Bertz CT molecular complexity index is 1410. The number of halogens is 6. The SMILES string of the molecule is O=C(C[C@@H](c1ccc(F)cc1)c1ccccc1F)Nc1cncc(F)c1CC[C@@H]1CN[C@H](COC(=O)CCC(F)(F)F)CO1. The number of carbonyl (C=O) groups is 2. The average molecular weight is 624 g/mol. The topological polar surface area (TPSA) is 89.5 Å². The quantitative estimate of drug-likeness (QED) is 0.195. The molecule has 1 saturated heterocycles. The van der Waals surface area contributed by atoms with Crippen molar-refractivity contribution in [2.24, 2.45) is 0 Å². The number of hydrogen-bond donors (Lipinski definition) is 2. The minimum atomic E-state index is -4.44. The Balaban J connectivity index is 1.32. The highest BCUT2D eigenvalue weighted by molar-refractivity contribution is 5.92. The van der Waals surface area contributed by atoms with Gasteiger partial charge in [0.1, 0.15) is 24.1 Å². The van der Waals surface area contributed by atoms with E-state index in [9.17, 15) is 35.9 Å². The van der Waals surface area contributed by atoms with Crippen molar-refractivity contribution in [2.75, 3.05) is 25.1 Å². The highest BCUT2D eigenvalue weighted by Gasteiger charge is 2.29. The molecule has 236 valence electrons. The van der Waals surface area contributed by atoms with Gasteiger partial charge in [-0.2, -0.15) is 13.2 Å². The van der Waals surface area contributed by atoms with Gasteiger partial charge in [0.2, 0.25) is 5.91 Å². The normalized spacial score (nSPS) is 17.6. The molecular formula is C31H31F6N3O4. The van der Waals surface area contributed by atoms with Crippen LogP contribution in [-0.2, 0) is 25.5 Å². The molecule has 4 rings (SSSR count). The van der Waals surface area contributed by atoms with Gasteiger partial charge in [-0.05, 0) is 42.2 Å². The third-order valence-corrected chi connectivity index (χ3v) is 7.16. The lowest BCUT2D eigenvalue weighted by molar-refractivity contribution is -0.158. The highest BCUT2D eigenvalue weighted by atomic mass is 19.4. The summed E-state index contributed by atoms with van der Waals surface area (Å²) in [7, 11) is 0. The number of hydrogen-bond acceptors (Lipinski definition) is 6. The lowest BCUT2D eigenvalue weighted by atomic mass is 9.88. The second kappa shape index (κ2) is 15.2. The van der Waals surface area contributed by atoms with Crippen molar-refractivity contribution in [1.29, 1.82) is 0 Å². The number of amides is 1. The first-order chi connectivity index (χ1) is 21.0. The van der Waals surface area contributed by atoms with Gasteiger partial charge in [-0.1, -0.05) is 30.3 Å². The molecule has 2 aromatic carbocycles. The molecule has 0 unspecified atom stereocenters. The van der Waals surface area contributed by atoms with Crippen LogP contribution in [0.1, 0.15) is 48.3 Å². The molecule has 1 aliphatic heterocycles. The lowest BCUT2D eigenvalue weighted by Gasteiger charge is -2.30. The van der Waals surface area contributed by atoms with Gasteiger partial charge in [0.25, 0.3) is 0 Å². The molecule has 1 aliphatic rings. The van der Waals surface area contributed by atoms with Crippen molar-refractivity contribution in [3.8, 4) is 0 Å². The van der Waals surface area contributed by atoms with Gasteiger partial charge in [-0.3, -0.25) is 14.6 Å². The average Bonchev–Trinajstić information content (AvgIpc) is 2.98. The summed E-state index contributed by atoms with van der Waals surface area (Å²) >= 11 is 0. The monoisotopic (exact) mass is 623 g/mol. The summed E-state index contributed by atoms with van der Waals surface area (Å²) < 4.78 is 90.5. The number of morpholine rings is 1. The van der Waals surface area contributed by atoms with Gasteiger partial charge in [0, 0.05) is 24.4 Å². The van der Waals surface area contributed by atoms with Crippen molar-refractivity contribution < 1.29 is 45.4 Å². The first kappa shape index (κ1) is 32.9. The molecule has 3 aromatic rings. The summed E-state index contributed by atoms with van der Waals surface area (Å²) in [6.45, 7) is 0.298. The van der Waals surface area contributed by atoms with E-state index in [-0.39, 0.29) is 49.0 Å². The Morgan fingerprint density at radius 1 is 1.05 bits per heavy atom. The van der Waals surface area contributed by atoms with Crippen LogP contribution in [0.2, 0.25) is 0 Å². The predicted octanol–water partition coefficient (Wildman–Crippen LogP) is 5.83. The first-order valence-electron chi connectivity index (χ1n) is 14.0. The summed E-state index contributed by atoms with van der Waals surface area (Å²) in [6.07, 6.45) is -4.16. The fourth-order valence-corrected chi connectivity index (χ4v) is 4.85. The molecule has 2 N–H and O–H groups in total. The Kier molecular flexibility index (Phi) is 11.3. The van der Waals surface area contributed by atoms with Crippen LogP contribution in [-0.4, -0.2) is 54.9 Å². The Morgan fingerprint density at radius 3 is 2.48 bits per heavy atom. The molecule has 0 radical (unpaired) electrons. The van der Waals surface area contributed by atoms with Crippen LogP contribution in [0.15, 0.2) is 60.9 Å². The molecular weight excluding hydrogens is 592 g/mol. The standard InChI is InChI=1S/C31H31F6N3O4/c32-20-7-5-19(6-8-20)25(23-3-1-2-4-26(23)33)13-29(41)40-28-16-38-15-27(34)24(28)10-9-22-14-39-21(17-43-22)18-44-30(42)11-12-31(35,36)37/h1-8,15-16,21-22,25,39H,9-14,17-18H2,(H,40,41)/t21-,22+,25-/m0/s1. The first-order valence-corrected chi connectivity index (χ1v) is 14.0. The summed E-state index contributed by atoms with van der Waals surface area (Å²) in [5.74, 6) is -3.85. The number of carbonyl (C=O) groups excluding carboxylic acids is 2. The molecule has 44 heavy (non-hydrogen) atoms. The molecule has 1 fully saturated rings. The largest absolute Gasteiger partial charge is 0.464 e. The zero-order chi connectivity index (χ0) is 31.7. The second-order valence-electron chi connectivity index (χ2n) is 10.4. The zero-order valence-corrected chi connectivity index (χ0v) is 23.5. The van der Waals surface area contributed by atoms with Crippen LogP contribution in [0.5, 0.6) is 0 Å². The van der Waals surface area contributed by atoms with Crippen LogP contribution < -0.4 is 10.6 Å². The fraction of sp³-hybridized carbons (Fsp3) is 0.387. The molecule has 1 amide bonds. The van der Waals surface area contributed by atoms with Crippen molar-refractivity contribution in [3.05, 3.63) is 95.1 Å². The van der Waals surface area contributed by atoms with E-state index >= 15 is 0 Å². The molecule has 0 saturated carbocycles. The molecule has 0 spiro atoms. The van der Waals surface area contributed by atoms with Gasteiger partial charge < -0.3 is 20.1 Å². The van der Waals surface area contributed by atoms with Gasteiger partial charge in [-0.15, -0.1) is 0 Å². The number of anilines is 1. The van der Waals surface area contributed by atoms with Crippen molar-refractivity contribution in [1.82, 2.24) is 10.3 Å². The number of aromatic nitrogens is 1. The van der Waals surface area contributed by atoms with Crippen molar-refractivity contribution >= 4 is 17.6 Å². The van der Waals surface area contributed by atoms with Crippen molar-refractivity contribution in [2.45, 2.75) is 56.3 Å². The maximum Gasteiger partial charge on any atom is 0.389 e. The highest BCUT2D eigenvalue weighted by Crippen LogP contribution is 2.31. The summed E-state index contributed by atoms with van der Waals surface area (Å²) in [5, 5.41) is 5.78. The summed E-state index contributed by atoms with van der Waals surface area (Å²) in [4.78, 5) is 28.5. The van der Waals surface area contributed by atoms with Gasteiger partial charge in [0.15, 0.2) is 0 Å². The van der Waals surface area contributed by atoms with Crippen LogP contribution in [0.3, 0.4) is 0 Å². The van der Waals surface area contributed by atoms with E-state index in [4.69, 9.17) is 9.47 Å². The smallest absolute Gasteiger partial charge is 0.389 e. The molecule has 0 bridgehead atoms. The number of esters is 1. The Morgan fingerprint density at radius 2 is 1.80 bits per heavy atom. The number of nitrogens with zero attached hydrogens (tertiary/aromatic N) is 1. The minimum absolute atomic E-state index is 0.125. The maximum atomic E-state index is 14.8. The minimum Gasteiger partial charge on any atom is -0.464 e. The van der Waals surface area contributed by atoms with E-state index in [1.54, 1.807) is 12.1 Å². The van der Waals surface area contributed by atoms with Crippen LogP contribution in [0, 0.1) is 17.5 Å². The van der Waals surface area contributed by atoms with E-state index in [0.29, 0.717) is 18.5 Å². The molecule has 2 heterocycles. The van der Waals surface area contributed by atoms with E-state index in [0.717, 1.165) is 6.20 Å². The second-order valence-corrected chi connectivity index (χ2v) is 10.4. The lowest BCUT2D eigenvalue weighted by Crippen LogP contribution is -2.49. The van der Waals surface area contributed by atoms with E-state index in [1.807, 2.05) is 0 Å². The fourth-order valence-electron chi connectivity index (χ4n) is 4.85. The molecule has 1 aromatic heterocycles. The van der Waals surface area contributed by atoms with E-state index in [2.05, 4.69) is 15.6 Å². The van der Waals surface area contributed by atoms with Gasteiger partial charge in [0.05, 0.1) is 49.7 Å².